The molecule has 1 aliphatic carbocycles. The highest BCUT2D eigenvalue weighted by atomic mass is 14.8. The summed E-state index contributed by atoms with van der Waals surface area (Å²) in [4.78, 5) is 0. The van der Waals surface area contributed by atoms with Gasteiger partial charge in [0.05, 0.1) is 0 Å². The van der Waals surface area contributed by atoms with Gasteiger partial charge in [-0.05, 0) is 12.8 Å². The minimum Gasteiger partial charge on any atom is -0.326 e. The smallest absolute Gasteiger partial charge is 0.0192 e. The highest BCUT2D eigenvalue weighted by Crippen LogP contribution is 2.14. The van der Waals surface area contributed by atoms with Gasteiger partial charge in [-0.2, -0.15) is 0 Å². The van der Waals surface area contributed by atoms with Crippen molar-refractivity contribution in [3.8, 4) is 0 Å². The molecule has 0 aromatic carbocycles. The summed E-state index contributed by atoms with van der Waals surface area (Å²) in [6.07, 6.45) is 4.80. The maximum absolute atomic E-state index is 5.65. The van der Waals surface area contributed by atoms with E-state index in [2.05, 4.69) is 0 Å². The van der Waals surface area contributed by atoms with Crippen molar-refractivity contribution in [1.82, 2.24) is 0 Å². The lowest BCUT2D eigenvalue weighted by atomic mass is 9.92. The molecule has 1 rings (SSSR count). The van der Waals surface area contributed by atoms with Crippen LogP contribution in [0, 0.1) is 0 Å². The zero-order valence-electron chi connectivity index (χ0n) is 7.14. The van der Waals surface area contributed by atoms with Crippen LogP contribution in [0.25, 0.3) is 0 Å². The first-order valence-electron chi connectivity index (χ1n) is 4.32. The van der Waals surface area contributed by atoms with Gasteiger partial charge in [0.25, 0.3) is 0 Å². The van der Waals surface area contributed by atoms with Gasteiger partial charge in [0.15, 0.2) is 0 Å². The van der Waals surface area contributed by atoms with E-state index in [1.165, 1.54) is 12.8 Å². The molecule has 0 unspecified atom stereocenters. The Bertz CT molecular complexity index is 68.5. The van der Waals surface area contributed by atoms with Gasteiger partial charge >= 0.3 is 0 Å². The molecule has 1 saturated carbocycles. The predicted molar refractivity (Wildman–Crippen MR) is 47.9 cm³/mol. The average Bonchev–Trinajstić information content (AvgIpc) is 2.00. The van der Waals surface area contributed by atoms with Crippen molar-refractivity contribution in [3.05, 3.63) is 0 Å². The molecule has 2 nitrogen and oxygen atoms in total. The standard InChI is InChI=1S/C6H14N2.C2H6.H2/c7-5-3-1-2-4-6(5)8;1-2;/h5-6H,1-4,7-8H2;1-2H3;1H/t5-,6-;;/m0../s1. The predicted octanol–water partition coefficient (Wildman–Crippen LogP) is 1.49. The Hall–Kier alpha value is -0.0800. The van der Waals surface area contributed by atoms with Crippen LogP contribution in [0.15, 0.2) is 0 Å². The van der Waals surface area contributed by atoms with Crippen LogP contribution in [-0.4, -0.2) is 12.1 Å². The van der Waals surface area contributed by atoms with Gasteiger partial charge in [-0.25, -0.2) is 0 Å². The van der Waals surface area contributed by atoms with Crippen molar-refractivity contribution in [2.75, 3.05) is 0 Å². The molecule has 0 saturated heterocycles. The fourth-order valence-electron chi connectivity index (χ4n) is 1.19. The molecular weight excluding hydrogens is 124 g/mol. The Balaban J connectivity index is 0. The van der Waals surface area contributed by atoms with Crippen LogP contribution >= 0.6 is 0 Å². The van der Waals surface area contributed by atoms with Gasteiger partial charge in [0, 0.05) is 13.5 Å². The fourth-order valence-corrected chi connectivity index (χ4v) is 1.19. The number of hydrogen-bond donors (Lipinski definition) is 2. The molecule has 0 aromatic heterocycles. The molecule has 0 radical (unpaired) electrons. The van der Waals surface area contributed by atoms with Crippen LogP contribution in [0.4, 0.5) is 0 Å². The minimum atomic E-state index is 0. The quantitative estimate of drug-likeness (QED) is 0.544. The van der Waals surface area contributed by atoms with Crippen LogP contribution in [0.2, 0.25) is 0 Å². The normalized spacial score (nSPS) is 32.4. The summed E-state index contributed by atoms with van der Waals surface area (Å²) in [6, 6.07) is 0.562. The Morgan fingerprint density at radius 1 is 1.00 bits per heavy atom. The largest absolute Gasteiger partial charge is 0.326 e. The Kier molecular flexibility index (Phi) is 5.64. The van der Waals surface area contributed by atoms with Crippen molar-refractivity contribution in [2.45, 2.75) is 51.6 Å². The first-order valence-corrected chi connectivity index (χ1v) is 4.32. The van der Waals surface area contributed by atoms with E-state index in [0.717, 1.165) is 12.8 Å². The summed E-state index contributed by atoms with van der Waals surface area (Å²) in [5, 5.41) is 0. The summed E-state index contributed by atoms with van der Waals surface area (Å²) in [5.41, 5.74) is 11.3. The SMILES string of the molecule is CC.N[C@H]1CCCC[C@@H]1N.[HH]. The Morgan fingerprint density at radius 2 is 1.30 bits per heavy atom. The van der Waals surface area contributed by atoms with Crippen LogP contribution in [0.3, 0.4) is 0 Å². The van der Waals surface area contributed by atoms with Gasteiger partial charge in [0.1, 0.15) is 0 Å². The third kappa shape index (κ3) is 3.18. The lowest BCUT2D eigenvalue weighted by Gasteiger charge is -2.24. The van der Waals surface area contributed by atoms with Crippen molar-refractivity contribution < 1.29 is 1.43 Å². The second-order valence-electron chi connectivity index (χ2n) is 2.61. The number of rotatable bonds is 0. The second-order valence-corrected chi connectivity index (χ2v) is 2.61. The highest BCUT2D eigenvalue weighted by molar-refractivity contribution is 4.79. The summed E-state index contributed by atoms with van der Waals surface area (Å²) in [5.74, 6) is 0. The zero-order valence-corrected chi connectivity index (χ0v) is 7.14. The molecule has 0 heterocycles. The van der Waals surface area contributed by atoms with Gasteiger partial charge in [-0.15, -0.1) is 0 Å². The van der Waals surface area contributed by atoms with Gasteiger partial charge in [-0.1, -0.05) is 26.7 Å². The van der Waals surface area contributed by atoms with Crippen molar-refractivity contribution in [1.29, 1.82) is 0 Å². The minimum absolute atomic E-state index is 0. The van der Waals surface area contributed by atoms with Crippen LogP contribution < -0.4 is 11.5 Å². The van der Waals surface area contributed by atoms with Crippen LogP contribution in [0.1, 0.15) is 41.0 Å². The van der Waals surface area contributed by atoms with E-state index in [-0.39, 0.29) is 13.5 Å². The summed E-state index contributed by atoms with van der Waals surface area (Å²) in [6.45, 7) is 4.00. The van der Waals surface area contributed by atoms with Crippen molar-refractivity contribution in [3.63, 3.8) is 0 Å². The Labute approximate surface area is 65.5 Å². The maximum Gasteiger partial charge on any atom is 0.0192 e. The van der Waals surface area contributed by atoms with E-state index >= 15 is 0 Å². The van der Waals surface area contributed by atoms with Crippen molar-refractivity contribution >= 4 is 0 Å². The molecule has 10 heavy (non-hydrogen) atoms. The number of nitrogens with two attached hydrogens (primary N) is 2. The number of hydrogen-bond acceptors (Lipinski definition) is 2. The highest BCUT2D eigenvalue weighted by Gasteiger charge is 2.16. The summed E-state index contributed by atoms with van der Waals surface area (Å²) < 4.78 is 0. The molecule has 1 fully saturated rings. The van der Waals surface area contributed by atoms with Gasteiger partial charge in [-0.3, -0.25) is 0 Å². The van der Waals surface area contributed by atoms with Crippen molar-refractivity contribution in [2.24, 2.45) is 11.5 Å². The van der Waals surface area contributed by atoms with Crippen LogP contribution in [0.5, 0.6) is 0 Å². The monoisotopic (exact) mass is 146 g/mol. The molecule has 0 aromatic rings. The molecule has 64 valence electrons. The lowest BCUT2D eigenvalue weighted by molar-refractivity contribution is 0.385. The maximum atomic E-state index is 5.65. The Morgan fingerprint density at radius 3 is 1.50 bits per heavy atom. The molecule has 4 N–H and O–H groups in total. The molecule has 2 atom stereocenters. The molecule has 0 aliphatic heterocycles. The molecule has 1 aliphatic rings. The van der Waals surface area contributed by atoms with E-state index < -0.39 is 0 Å². The summed E-state index contributed by atoms with van der Waals surface area (Å²) >= 11 is 0. The molecule has 0 amide bonds. The van der Waals surface area contributed by atoms with E-state index in [1.807, 2.05) is 13.8 Å². The van der Waals surface area contributed by atoms with Crippen LogP contribution in [-0.2, 0) is 0 Å². The van der Waals surface area contributed by atoms with Gasteiger partial charge < -0.3 is 11.5 Å². The molecule has 0 spiro atoms. The molecular formula is C8H22N2. The van der Waals surface area contributed by atoms with Gasteiger partial charge in [0.2, 0.25) is 0 Å². The topological polar surface area (TPSA) is 52.0 Å². The first kappa shape index (κ1) is 9.92. The first-order chi connectivity index (χ1) is 4.80. The second kappa shape index (κ2) is 5.69. The lowest BCUT2D eigenvalue weighted by Crippen LogP contribution is -2.43. The van der Waals surface area contributed by atoms with E-state index in [4.69, 9.17) is 11.5 Å². The third-order valence-corrected chi connectivity index (χ3v) is 1.87. The summed E-state index contributed by atoms with van der Waals surface area (Å²) in [7, 11) is 0. The third-order valence-electron chi connectivity index (χ3n) is 1.87. The zero-order chi connectivity index (χ0) is 7.98. The molecule has 2 heteroatoms. The van der Waals surface area contributed by atoms with E-state index in [0.29, 0.717) is 0 Å². The molecule has 0 bridgehead atoms. The van der Waals surface area contributed by atoms with E-state index in [9.17, 15) is 0 Å². The fraction of sp³-hybridized carbons (Fsp3) is 1.00. The van der Waals surface area contributed by atoms with E-state index in [1.54, 1.807) is 0 Å². The average molecular weight is 146 g/mol.